The predicted octanol–water partition coefficient (Wildman–Crippen LogP) is 2.57. The molecule has 0 heterocycles. The average molecular weight is 344 g/mol. The first-order valence-electron chi connectivity index (χ1n) is 6.98. The lowest BCUT2D eigenvalue weighted by molar-refractivity contribution is -0.384. The third-order valence-corrected chi connectivity index (χ3v) is 4.82. The monoisotopic (exact) mass is 344 g/mol. The summed E-state index contributed by atoms with van der Waals surface area (Å²) >= 11 is 0. The van der Waals surface area contributed by atoms with Crippen LogP contribution in [0.4, 0.5) is 5.69 Å². The minimum atomic E-state index is -3.90. The first kappa shape index (κ1) is 17.4. The molecule has 0 radical (unpaired) electrons. The van der Waals surface area contributed by atoms with Crippen molar-refractivity contribution in [3.63, 3.8) is 0 Å². The maximum absolute atomic E-state index is 12.7. The minimum absolute atomic E-state index is 0.0832. The number of hydrogen-bond acceptors (Lipinski definition) is 6. The minimum Gasteiger partial charge on any atom is -0.480 e. The predicted molar refractivity (Wildman–Crippen MR) is 80.2 cm³/mol. The Morgan fingerprint density at radius 2 is 2.09 bits per heavy atom. The molecule has 1 aromatic rings. The molecule has 126 valence electrons. The van der Waals surface area contributed by atoms with Crippen molar-refractivity contribution in [2.24, 2.45) is 5.92 Å². The molecule has 2 N–H and O–H groups in total. The van der Waals surface area contributed by atoms with Crippen molar-refractivity contribution in [3.05, 3.63) is 34.4 Å². The molecule has 1 aromatic carbocycles. The molecule has 0 bridgehead atoms. The molecular weight excluding hydrogens is 327 g/mol. The summed E-state index contributed by atoms with van der Waals surface area (Å²) in [4.78, 5) is 21.0. The number of nitrogens with zero attached hydrogens (tertiary/aromatic N) is 1. The number of nitrogens with one attached hydrogen (secondary N) is 1. The van der Waals surface area contributed by atoms with Gasteiger partial charge in [-0.15, -0.1) is 0 Å². The summed E-state index contributed by atoms with van der Waals surface area (Å²) in [5.41, 5.74) is -0.141. The van der Waals surface area contributed by atoms with E-state index in [1.54, 1.807) is 0 Å². The summed E-state index contributed by atoms with van der Waals surface area (Å²) in [5.74, 6) is -0.821. The first-order chi connectivity index (χ1) is 10.8. The number of benzene rings is 1. The van der Waals surface area contributed by atoms with Crippen molar-refractivity contribution in [2.75, 3.05) is 6.61 Å². The summed E-state index contributed by atoms with van der Waals surface area (Å²) in [5, 5.41) is 21.9. The highest BCUT2D eigenvalue weighted by Crippen LogP contribution is 2.47. The van der Waals surface area contributed by atoms with E-state index in [1.807, 2.05) is 0 Å². The van der Waals surface area contributed by atoms with Gasteiger partial charge in [0.1, 0.15) is 11.8 Å². The van der Waals surface area contributed by atoms with Crippen molar-refractivity contribution in [1.29, 1.82) is 0 Å². The van der Waals surface area contributed by atoms with Crippen LogP contribution in [0.1, 0.15) is 19.8 Å². The van der Waals surface area contributed by atoms with Crippen molar-refractivity contribution in [1.82, 2.24) is 5.09 Å². The number of non-ortho nitro benzene ring substituents is 1. The Kier molecular flexibility index (Phi) is 5.35. The molecular formula is C13H17N2O7P. The van der Waals surface area contributed by atoms with E-state index in [-0.39, 0.29) is 18.0 Å². The van der Waals surface area contributed by atoms with Crippen molar-refractivity contribution >= 4 is 19.4 Å². The summed E-state index contributed by atoms with van der Waals surface area (Å²) < 4.78 is 23.2. The SMILES string of the molecule is C[C@H](NP(=O)(OCC1CC1)Oc1ccc([N+](=O)[O-])cc1)C(=O)O. The lowest BCUT2D eigenvalue weighted by Gasteiger charge is -2.21. The zero-order chi connectivity index (χ0) is 17.0. The third kappa shape index (κ3) is 5.31. The number of rotatable bonds is 9. The largest absolute Gasteiger partial charge is 0.480 e. The highest BCUT2D eigenvalue weighted by atomic mass is 31.2. The highest BCUT2D eigenvalue weighted by molar-refractivity contribution is 7.52. The number of carboxylic acids is 1. The van der Waals surface area contributed by atoms with Gasteiger partial charge in [0.15, 0.2) is 0 Å². The van der Waals surface area contributed by atoms with Gasteiger partial charge in [-0.25, -0.2) is 4.57 Å². The Morgan fingerprint density at radius 3 is 2.57 bits per heavy atom. The summed E-state index contributed by atoms with van der Waals surface area (Å²) in [6, 6.07) is 3.80. The van der Waals surface area contributed by atoms with E-state index >= 15 is 0 Å². The second-order valence-corrected chi connectivity index (χ2v) is 6.96. The van der Waals surface area contributed by atoms with Crippen LogP contribution in [0.3, 0.4) is 0 Å². The number of aliphatic carboxylic acids is 1. The summed E-state index contributed by atoms with van der Waals surface area (Å²) in [7, 11) is -3.90. The molecule has 0 saturated heterocycles. The van der Waals surface area contributed by atoms with Gasteiger partial charge in [0.2, 0.25) is 0 Å². The Bertz CT molecular complexity index is 630. The zero-order valence-electron chi connectivity index (χ0n) is 12.4. The standard InChI is InChI=1S/C13H17N2O7P/c1-9(13(16)17)14-23(20,21-8-10-2-3-10)22-12-6-4-11(5-7-12)15(18)19/h4-7,9-10H,2-3,8H2,1H3,(H,14,20)(H,16,17)/t9-,23?/m0/s1. The molecule has 2 atom stereocenters. The van der Waals surface area contributed by atoms with E-state index in [4.69, 9.17) is 14.2 Å². The normalized spacial score (nSPS) is 18.0. The van der Waals surface area contributed by atoms with E-state index in [0.29, 0.717) is 5.92 Å². The Labute approximate surface area is 132 Å². The second-order valence-electron chi connectivity index (χ2n) is 5.27. The fraction of sp³-hybridized carbons (Fsp3) is 0.462. The molecule has 1 fully saturated rings. The third-order valence-electron chi connectivity index (χ3n) is 3.17. The number of nitro groups is 1. The maximum Gasteiger partial charge on any atom is 0.459 e. The van der Waals surface area contributed by atoms with Gasteiger partial charge < -0.3 is 9.63 Å². The van der Waals surface area contributed by atoms with Crippen LogP contribution in [-0.4, -0.2) is 28.6 Å². The van der Waals surface area contributed by atoms with Gasteiger partial charge >= 0.3 is 13.7 Å². The topological polar surface area (TPSA) is 128 Å². The molecule has 10 heteroatoms. The van der Waals surface area contributed by atoms with Crippen molar-refractivity contribution in [3.8, 4) is 5.75 Å². The first-order valence-corrected chi connectivity index (χ1v) is 8.52. The number of nitro benzene ring substituents is 1. The fourth-order valence-corrected chi connectivity index (χ4v) is 3.21. The van der Waals surface area contributed by atoms with Gasteiger partial charge in [-0.1, -0.05) is 0 Å². The number of carbonyl (C=O) groups is 1. The van der Waals surface area contributed by atoms with Gasteiger partial charge in [0, 0.05) is 12.1 Å². The van der Waals surface area contributed by atoms with Crippen LogP contribution in [0.5, 0.6) is 5.75 Å². The summed E-state index contributed by atoms with van der Waals surface area (Å²) in [6.07, 6.45) is 1.93. The zero-order valence-corrected chi connectivity index (χ0v) is 13.3. The molecule has 1 aliphatic carbocycles. The van der Waals surface area contributed by atoms with Gasteiger partial charge in [-0.2, -0.15) is 5.09 Å². The van der Waals surface area contributed by atoms with Crippen LogP contribution in [-0.2, 0) is 13.9 Å². The molecule has 0 amide bonds. The fourth-order valence-electron chi connectivity index (χ4n) is 1.64. The van der Waals surface area contributed by atoms with E-state index in [9.17, 15) is 19.5 Å². The van der Waals surface area contributed by atoms with Crippen molar-refractivity contribution < 1.29 is 28.4 Å². The van der Waals surface area contributed by atoms with E-state index < -0.39 is 24.7 Å². The molecule has 0 spiro atoms. The van der Waals surface area contributed by atoms with Gasteiger partial charge in [0.05, 0.1) is 11.5 Å². The van der Waals surface area contributed by atoms with Crippen LogP contribution >= 0.6 is 7.75 Å². The smallest absolute Gasteiger partial charge is 0.459 e. The van der Waals surface area contributed by atoms with Gasteiger partial charge in [-0.3, -0.25) is 19.4 Å². The van der Waals surface area contributed by atoms with E-state index in [0.717, 1.165) is 12.8 Å². The van der Waals surface area contributed by atoms with Gasteiger partial charge in [0.25, 0.3) is 5.69 Å². The lowest BCUT2D eigenvalue weighted by Crippen LogP contribution is -2.33. The lowest BCUT2D eigenvalue weighted by atomic mass is 10.3. The van der Waals surface area contributed by atoms with Crippen molar-refractivity contribution in [2.45, 2.75) is 25.8 Å². The van der Waals surface area contributed by atoms with Crippen LogP contribution < -0.4 is 9.61 Å². The molecule has 1 saturated carbocycles. The molecule has 9 nitrogen and oxygen atoms in total. The molecule has 0 aliphatic heterocycles. The molecule has 1 unspecified atom stereocenters. The Hall–Kier alpha value is -1.96. The van der Waals surface area contributed by atoms with Gasteiger partial charge in [-0.05, 0) is 37.8 Å². The second kappa shape index (κ2) is 7.08. The van der Waals surface area contributed by atoms with E-state index in [2.05, 4.69) is 5.09 Å². The van der Waals surface area contributed by atoms with Crippen LogP contribution in [0.2, 0.25) is 0 Å². The van der Waals surface area contributed by atoms with E-state index in [1.165, 1.54) is 31.2 Å². The quantitative estimate of drug-likeness (QED) is 0.397. The molecule has 1 aliphatic rings. The van der Waals surface area contributed by atoms with Crippen LogP contribution in [0.15, 0.2) is 24.3 Å². The highest BCUT2D eigenvalue weighted by Gasteiger charge is 2.34. The number of hydrogen-bond donors (Lipinski definition) is 2. The summed E-state index contributed by atoms with van der Waals surface area (Å²) in [6.45, 7) is 1.51. The molecule has 23 heavy (non-hydrogen) atoms. The Balaban J connectivity index is 2.09. The van der Waals surface area contributed by atoms with Crippen LogP contribution in [0, 0.1) is 16.0 Å². The number of carboxylic acid groups (broad SMARTS) is 1. The average Bonchev–Trinajstić information content (AvgIpc) is 3.30. The Morgan fingerprint density at radius 1 is 1.48 bits per heavy atom. The maximum atomic E-state index is 12.7. The molecule has 0 aromatic heterocycles. The molecule has 2 rings (SSSR count). The van der Waals surface area contributed by atoms with Crippen LogP contribution in [0.25, 0.3) is 0 Å².